The van der Waals surface area contributed by atoms with Gasteiger partial charge in [0, 0.05) is 12.1 Å². The Bertz CT molecular complexity index is 685. The molecule has 0 saturated heterocycles. The molecule has 0 aliphatic heterocycles. The SMILES string of the molecule is CCCNc1nnc(-c2cccc3ccccc23)s1. The van der Waals surface area contributed by atoms with Crippen molar-refractivity contribution in [2.24, 2.45) is 0 Å². The van der Waals surface area contributed by atoms with Crippen molar-refractivity contribution >= 4 is 27.2 Å². The predicted octanol–water partition coefficient (Wildman–Crippen LogP) is 4.18. The van der Waals surface area contributed by atoms with Gasteiger partial charge in [0.05, 0.1) is 0 Å². The molecule has 0 radical (unpaired) electrons. The predicted molar refractivity (Wildman–Crippen MR) is 81.6 cm³/mol. The highest BCUT2D eigenvalue weighted by Gasteiger charge is 2.09. The van der Waals surface area contributed by atoms with Gasteiger partial charge in [-0.15, -0.1) is 10.2 Å². The molecule has 2 aromatic carbocycles. The second-order valence-electron chi connectivity index (χ2n) is 4.37. The van der Waals surface area contributed by atoms with Gasteiger partial charge in [-0.1, -0.05) is 60.7 Å². The lowest BCUT2D eigenvalue weighted by Gasteiger charge is -2.02. The second kappa shape index (κ2) is 5.36. The third-order valence-electron chi connectivity index (χ3n) is 2.97. The minimum absolute atomic E-state index is 0.893. The highest BCUT2D eigenvalue weighted by Crippen LogP contribution is 2.32. The fraction of sp³-hybridized carbons (Fsp3) is 0.200. The summed E-state index contributed by atoms with van der Waals surface area (Å²) in [4.78, 5) is 0. The monoisotopic (exact) mass is 269 g/mol. The van der Waals surface area contributed by atoms with Crippen LogP contribution in [0.1, 0.15) is 13.3 Å². The zero-order valence-electron chi connectivity index (χ0n) is 10.8. The molecule has 0 saturated carbocycles. The minimum Gasteiger partial charge on any atom is -0.360 e. The molecular formula is C15H15N3S. The Balaban J connectivity index is 2.02. The van der Waals surface area contributed by atoms with Crippen molar-refractivity contribution in [3.8, 4) is 10.6 Å². The van der Waals surface area contributed by atoms with Crippen LogP contribution in [0.15, 0.2) is 42.5 Å². The molecule has 3 aromatic rings. The van der Waals surface area contributed by atoms with E-state index in [1.165, 1.54) is 10.8 Å². The number of rotatable bonds is 4. The van der Waals surface area contributed by atoms with Gasteiger partial charge in [-0.25, -0.2) is 0 Å². The first-order chi connectivity index (χ1) is 9.38. The summed E-state index contributed by atoms with van der Waals surface area (Å²) in [5.74, 6) is 0. The van der Waals surface area contributed by atoms with Crippen LogP contribution in [-0.2, 0) is 0 Å². The third kappa shape index (κ3) is 2.44. The van der Waals surface area contributed by atoms with Gasteiger partial charge in [-0.05, 0) is 17.2 Å². The van der Waals surface area contributed by atoms with Crippen molar-refractivity contribution in [3.05, 3.63) is 42.5 Å². The molecule has 1 N–H and O–H groups in total. The highest BCUT2D eigenvalue weighted by molar-refractivity contribution is 7.18. The minimum atomic E-state index is 0.893. The van der Waals surface area contributed by atoms with E-state index in [9.17, 15) is 0 Å². The van der Waals surface area contributed by atoms with Crippen LogP contribution in [0.3, 0.4) is 0 Å². The molecule has 3 nitrogen and oxygen atoms in total. The van der Waals surface area contributed by atoms with Crippen molar-refractivity contribution in [3.63, 3.8) is 0 Å². The number of benzene rings is 2. The lowest BCUT2D eigenvalue weighted by Crippen LogP contribution is -1.98. The largest absolute Gasteiger partial charge is 0.360 e. The van der Waals surface area contributed by atoms with Crippen LogP contribution in [0.5, 0.6) is 0 Å². The van der Waals surface area contributed by atoms with Gasteiger partial charge in [0.25, 0.3) is 0 Å². The van der Waals surface area contributed by atoms with E-state index in [4.69, 9.17) is 0 Å². The molecule has 0 unspecified atom stereocenters. The highest BCUT2D eigenvalue weighted by atomic mass is 32.1. The topological polar surface area (TPSA) is 37.8 Å². The summed E-state index contributed by atoms with van der Waals surface area (Å²) in [6.45, 7) is 3.07. The number of nitrogens with one attached hydrogen (secondary N) is 1. The molecule has 0 bridgehead atoms. The van der Waals surface area contributed by atoms with Crippen molar-refractivity contribution in [1.82, 2.24) is 10.2 Å². The molecule has 0 atom stereocenters. The molecule has 96 valence electrons. The summed E-state index contributed by atoms with van der Waals surface area (Å²) in [6, 6.07) is 14.7. The maximum atomic E-state index is 4.30. The molecule has 1 aromatic heterocycles. The van der Waals surface area contributed by atoms with Gasteiger partial charge < -0.3 is 5.32 Å². The van der Waals surface area contributed by atoms with E-state index in [-0.39, 0.29) is 0 Å². The lowest BCUT2D eigenvalue weighted by molar-refractivity contribution is 0.964. The fourth-order valence-corrected chi connectivity index (χ4v) is 2.86. The number of anilines is 1. The fourth-order valence-electron chi connectivity index (χ4n) is 2.05. The Labute approximate surface area is 116 Å². The van der Waals surface area contributed by atoms with E-state index in [1.54, 1.807) is 11.3 Å². The van der Waals surface area contributed by atoms with Crippen LogP contribution in [0.2, 0.25) is 0 Å². The van der Waals surface area contributed by atoms with Crippen LogP contribution in [-0.4, -0.2) is 16.7 Å². The molecule has 19 heavy (non-hydrogen) atoms. The molecule has 0 aliphatic rings. The average Bonchev–Trinajstić information content (AvgIpc) is 2.93. The van der Waals surface area contributed by atoms with Crippen molar-refractivity contribution in [2.75, 3.05) is 11.9 Å². The second-order valence-corrected chi connectivity index (χ2v) is 5.34. The smallest absolute Gasteiger partial charge is 0.206 e. The third-order valence-corrected chi connectivity index (χ3v) is 3.89. The van der Waals surface area contributed by atoms with E-state index >= 15 is 0 Å². The first kappa shape index (κ1) is 12.1. The molecule has 3 rings (SSSR count). The molecule has 0 fully saturated rings. The van der Waals surface area contributed by atoms with Crippen molar-refractivity contribution < 1.29 is 0 Å². The standard InChI is InChI=1S/C15H15N3S/c1-2-10-16-15-18-17-14(19-15)13-9-5-7-11-6-3-4-8-12(11)13/h3-9H,2,10H2,1H3,(H,16,18). The maximum Gasteiger partial charge on any atom is 0.206 e. The summed E-state index contributed by atoms with van der Waals surface area (Å²) in [5.41, 5.74) is 1.15. The van der Waals surface area contributed by atoms with Crippen LogP contribution in [0.25, 0.3) is 21.3 Å². The van der Waals surface area contributed by atoms with E-state index in [0.29, 0.717) is 0 Å². The van der Waals surface area contributed by atoms with E-state index in [0.717, 1.165) is 28.7 Å². The van der Waals surface area contributed by atoms with Gasteiger partial charge in [0.1, 0.15) is 5.01 Å². The number of hydrogen-bond acceptors (Lipinski definition) is 4. The van der Waals surface area contributed by atoms with Gasteiger partial charge in [0.2, 0.25) is 5.13 Å². The zero-order chi connectivity index (χ0) is 13.1. The lowest BCUT2D eigenvalue weighted by atomic mass is 10.1. The van der Waals surface area contributed by atoms with Gasteiger partial charge >= 0.3 is 0 Å². The Morgan fingerprint density at radius 1 is 1.05 bits per heavy atom. The number of hydrogen-bond donors (Lipinski definition) is 1. The van der Waals surface area contributed by atoms with Crippen LogP contribution in [0, 0.1) is 0 Å². The zero-order valence-corrected chi connectivity index (χ0v) is 11.6. The first-order valence-corrected chi connectivity index (χ1v) is 7.25. The number of nitrogens with zero attached hydrogens (tertiary/aromatic N) is 2. The van der Waals surface area contributed by atoms with Gasteiger partial charge in [0.15, 0.2) is 0 Å². The summed E-state index contributed by atoms with van der Waals surface area (Å²) in [7, 11) is 0. The quantitative estimate of drug-likeness (QED) is 0.772. The summed E-state index contributed by atoms with van der Waals surface area (Å²) in [6.07, 6.45) is 1.09. The first-order valence-electron chi connectivity index (χ1n) is 6.44. The normalized spacial score (nSPS) is 10.8. The Hall–Kier alpha value is -1.94. The van der Waals surface area contributed by atoms with Gasteiger partial charge in [-0.2, -0.15) is 0 Å². The van der Waals surface area contributed by atoms with E-state index in [2.05, 4.69) is 64.9 Å². The Morgan fingerprint density at radius 2 is 1.89 bits per heavy atom. The molecular weight excluding hydrogens is 254 g/mol. The number of aromatic nitrogens is 2. The van der Waals surface area contributed by atoms with Gasteiger partial charge in [-0.3, -0.25) is 0 Å². The average molecular weight is 269 g/mol. The number of fused-ring (bicyclic) bond motifs is 1. The molecule has 0 amide bonds. The molecule has 4 heteroatoms. The van der Waals surface area contributed by atoms with Crippen LogP contribution >= 0.6 is 11.3 Å². The van der Waals surface area contributed by atoms with E-state index < -0.39 is 0 Å². The molecule has 0 aliphatic carbocycles. The maximum absolute atomic E-state index is 4.30. The van der Waals surface area contributed by atoms with E-state index in [1.807, 2.05) is 0 Å². The molecule has 1 heterocycles. The Kier molecular flexibility index (Phi) is 3.42. The van der Waals surface area contributed by atoms with Crippen molar-refractivity contribution in [1.29, 1.82) is 0 Å². The van der Waals surface area contributed by atoms with Crippen LogP contribution < -0.4 is 5.32 Å². The van der Waals surface area contributed by atoms with Crippen molar-refractivity contribution in [2.45, 2.75) is 13.3 Å². The van der Waals surface area contributed by atoms with Crippen LogP contribution in [0.4, 0.5) is 5.13 Å². The summed E-state index contributed by atoms with van der Waals surface area (Å²) >= 11 is 1.61. The summed E-state index contributed by atoms with van der Waals surface area (Å²) in [5, 5.41) is 16.1. The Morgan fingerprint density at radius 3 is 2.79 bits per heavy atom. The molecule has 0 spiro atoms. The summed E-state index contributed by atoms with van der Waals surface area (Å²) < 4.78 is 0.